The molecule has 0 aliphatic carbocycles. The number of furan rings is 1. The third-order valence-corrected chi connectivity index (χ3v) is 3.00. The zero-order valence-electron chi connectivity index (χ0n) is 7.67. The van der Waals surface area contributed by atoms with Gasteiger partial charge in [0.15, 0.2) is 0 Å². The van der Waals surface area contributed by atoms with E-state index < -0.39 is 10.0 Å². The van der Waals surface area contributed by atoms with Crippen molar-refractivity contribution in [2.75, 3.05) is 0 Å². The lowest BCUT2D eigenvalue weighted by Crippen LogP contribution is -2.20. The highest BCUT2D eigenvalue weighted by molar-refractivity contribution is 7.88. The van der Waals surface area contributed by atoms with Crippen molar-refractivity contribution in [3.63, 3.8) is 0 Å². The van der Waals surface area contributed by atoms with Crippen molar-refractivity contribution in [2.45, 2.75) is 5.75 Å². The minimum absolute atomic E-state index is 0.259. The molecule has 0 bridgehead atoms. The summed E-state index contributed by atoms with van der Waals surface area (Å²) >= 11 is 0. The summed E-state index contributed by atoms with van der Waals surface area (Å²) in [5, 5.41) is 9.21. The SMILES string of the molecule is O=S(=O)(Cc1ccc2occc2c1)NO. The first-order chi connectivity index (χ1) is 7.11. The lowest BCUT2D eigenvalue weighted by atomic mass is 10.2. The van der Waals surface area contributed by atoms with Gasteiger partial charge in [-0.15, -0.1) is 0 Å². The summed E-state index contributed by atoms with van der Waals surface area (Å²) in [5.74, 6) is -0.259. The predicted octanol–water partition coefficient (Wildman–Crippen LogP) is 1.24. The van der Waals surface area contributed by atoms with Crippen LogP contribution in [0, 0.1) is 0 Å². The molecule has 80 valence electrons. The van der Waals surface area contributed by atoms with Gasteiger partial charge >= 0.3 is 0 Å². The number of rotatable bonds is 3. The third kappa shape index (κ3) is 2.17. The summed E-state index contributed by atoms with van der Waals surface area (Å²) in [6.07, 6.45) is 1.53. The Morgan fingerprint density at radius 3 is 2.87 bits per heavy atom. The van der Waals surface area contributed by atoms with Crippen LogP contribution in [0.3, 0.4) is 0 Å². The van der Waals surface area contributed by atoms with Crippen molar-refractivity contribution < 1.29 is 18.0 Å². The van der Waals surface area contributed by atoms with E-state index in [0.717, 1.165) is 5.39 Å². The molecular weight excluding hydrogens is 218 g/mol. The molecule has 0 amide bonds. The summed E-state index contributed by atoms with van der Waals surface area (Å²) in [7, 11) is -3.65. The molecular formula is C9H9NO4S. The zero-order valence-corrected chi connectivity index (χ0v) is 8.49. The van der Waals surface area contributed by atoms with Gasteiger partial charge < -0.3 is 9.62 Å². The lowest BCUT2D eigenvalue weighted by molar-refractivity contribution is 0.242. The van der Waals surface area contributed by atoms with Gasteiger partial charge in [0.25, 0.3) is 0 Å². The first-order valence-electron chi connectivity index (χ1n) is 4.20. The van der Waals surface area contributed by atoms with E-state index in [4.69, 9.17) is 9.62 Å². The number of fused-ring (bicyclic) bond motifs is 1. The molecule has 6 heteroatoms. The summed E-state index contributed by atoms with van der Waals surface area (Å²) < 4.78 is 27.2. The van der Waals surface area contributed by atoms with Gasteiger partial charge in [-0.05, 0) is 23.8 Å². The first kappa shape index (κ1) is 10.2. The molecule has 0 saturated heterocycles. The van der Waals surface area contributed by atoms with E-state index >= 15 is 0 Å². The molecule has 5 nitrogen and oxygen atoms in total. The quantitative estimate of drug-likeness (QED) is 0.773. The third-order valence-electron chi connectivity index (χ3n) is 2.01. The average Bonchev–Trinajstić information content (AvgIpc) is 2.64. The van der Waals surface area contributed by atoms with Gasteiger partial charge in [0.05, 0.1) is 12.0 Å². The summed E-state index contributed by atoms with van der Waals surface area (Å²) in [4.78, 5) is 1.28. The van der Waals surface area contributed by atoms with Crippen LogP contribution in [-0.2, 0) is 15.8 Å². The Bertz CT molecular complexity index is 573. The van der Waals surface area contributed by atoms with Gasteiger partial charge in [-0.1, -0.05) is 11.0 Å². The van der Waals surface area contributed by atoms with Crippen LogP contribution in [0.25, 0.3) is 11.0 Å². The van der Waals surface area contributed by atoms with Gasteiger partial charge in [0, 0.05) is 5.39 Å². The minimum Gasteiger partial charge on any atom is -0.464 e. The second-order valence-corrected chi connectivity index (χ2v) is 4.84. The Balaban J connectivity index is 2.37. The summed E-state index contributed by atoms with van der Waals surface area (Å²) in [5.41, 5.74) is 1.29. The van der Waals surface area contributed by atoms with Crippen molar-refractivity contribution >= 4 is 21.0 Å². The van der Waals surface area contributed by atoms with Crippen molar-refractivity contribution in [1.82, 2.24) is 4.89 Å². The van der Waals surface area contributed by atoms with Gasteiger partial charge in [0.2, 0.25) is 10.0 Å². The van der Waals surface area contributed by atoms with Crippen LogP contribution in [0.1, 0.15) is 5.56 Å². The van der Waals surface area contributed by atoms with Crippen molar-refractivity contribution in [3.8, 4) is 0 Å². The average molecular weight is 227 g/mol. The molecule has 0 spiro atoms. The van der Waals surface area contributed by atoms with E-state index in [2.05, 4.69) is 0 Å². The van der Waals surface area contributed by atoms with Crippen LogP contribution >= 0.6 is 0 Å². The second-order valence-electron chi connectivity index (χ2n) is 3.14. The molecule has 0 saturated carbocycles. The molecule has 15 heavy (non-hydrogen) atoms. The van der Waals surface area contributed by atoms with E-state index in [9.17, 15) is 8.42 Å². The van der Waals surface area contributed by atoms with Crippen LogP contribution in [0.4, 0.5) is 0 Å². The Morgan fingerprint density at radius 1 is 1.33 bits per heavy atom. The highest BCUT2D eigenvalue weighted by Gasteiger charge is 2.10. The molecule has 0 aliphatic rings. The highest BCUT2D eigenvalue weighted by Crippen LogP contribution is 2.17. The van der Waals surface area contributed by atoms with Crippen LogP contribution in [0.5, 0.6) is 0 Å². The second kappa shape index (κ2) is 3.65. The zero-order chi connectivity index (χ0) is 10.9. The van der Waals surface area contributed by atoms with E-state index in [-0.39, 0.29) is 5.75 Å². The molecule has 0 atom stereocenters. The van der Waals surface area contributed by atoms with Crippen molar-refractivity contribution in [2.24, 2.45) is 0 Å². The summed E-state index contributed by atoms with van der Waals surface area (Å²) in [6.45, 7) is 0. The lowest BCUT2D eigenvalue weighted by Gasteiger charge is -2.01. The van der Waals surface area contributed by atoms with Gasteiger partial charge in [-0.2, -0.15) is 0 Å². The number of sulfonamides is 1. The maximum atomic E-state index is 11.1. The molecule has 0 aliphatic heterocycles. The van der Waals surface area contributed by atoms with E-state index in [1.54, 1.807) is 24.3 Å². The Hall–Kier alpha value is -1.37. The maximum absolute atomic E-state index is 11.1. The predicted molar refractivity (Wildman–Crippen MR) is 53.8 cm³/mol. The van der Waals surface area contributed by atoms with Gasteiger partial charge in [-0.25, -0.2) is 8.42 Å². The molecule has 0 unspecified atom stereocenters. The molecule has 1 heterocycles. The Morgan fingerprint density at radius 2 is 2.13 bits per heavy atom. The van der Waals surface area contributed by atoms with E-state index in [1.807, 2.05) is 0 Å². The smallest absolute Gasteiger partial charge is 0.237 e. The Labute approximate surface area is 86.3 Å². The molecule has 2 rings (SSSR count). The number of nitrogens with one attached hydrogen (secondary N) is 1. The Kier molecular flexibility index (Phi) is 2.47. The minimum atomic E-state index is -3.65. The number of benzene rings is 1. The first-order valence-corrected chi connectivity index (χ1v) is 5.86. The van der Waals surface area contributed by atoms with Crippen molar-refractivity contribution in [1.29, 1.82) is 0 Å². The fourth-order valence-corrected chi connectivity index (χ4v) is 2.04. The largest absolute Gasteiger partial charge is 0.464 e. The van der Waals surface area contributed by atoms with Crippen LogP contribution in [0.15, 0.2) is 34.9 Å². The standard InChI is InChI=1S/C9H9NO4S/c11-10-15(12,13)6-7-1-2-9-8(5-7)3-4-14-9/h1-5,10-11H,6H2. The normalized spacial score (nSPS) is 12.1. The van der Waals surface area contributed by atoms with Crippen LogP contribution in [-0.4, -0.2) is 13.6 Å². The fraction of sp³-hybridized carbons (Fsp3) is 0.111. The molecule has 1 aromatic carbocycles. The maximum Gasteiger partial charge on any atom is 0.237 e. The molecule has 2 N–H and O–H groups in total. The fourth-order valence-electron chi connectivity index (χ4n) is 1.36. The van der Waals surface area contributed by atoms with E-state index in [1.165, 1.54) is 11.1 Å². The molecule has 1 aromatic heterocycles. The topological polar surface area (TPSA) is 79.5 Å². The van der Waals surface area contributed by atoms with Crippen LogP contribution < -0.4 is 4.89 Å². The van der Waals surface area contributed by atoms with Crippen molar-refractivity contribution in [3.05, 3.63) is 36.1 Å². The summed E-state index contributed by atoms with van der Waals surface area (Å²) in [6, 6.07) is 6.78. The van der Waals surface area contributed by atoms with Gasteiger partial charge in [-0.3, -0.25) is 0 Å². The molecule has 0 fully saturated rings. The van der Waals surface area contributed by atoms with E-state index in [0.29, 0.717) is 11.1 Å². The highest BCUT2D eigenvalue weighted by atomic mass is 32.2. The molecule has 0 radical (unpaired) electrons. The van der Waals surface area contributed by atoms with Gasteiger partial charge in [0.1, 0.15) is 5.58 Å². The number of hydrogen-bond acceptors (Lipinski definition) is 4. The molecule has 2 aromatic rings. The van der Waals surface area contributed by atoms with Crippen LogP contribution in [0.2, 0.25) is 0 Å². The monoisotopic (exact) mass is 227 g/mol. The number of hydrogen-bond donors (Lipinski definition) is 2.